The zero-order valence-electron chi connectivity index (χ0n) is 14.5. The van der Waals surface area contributed by atoms with E-state index in [4.69, 9.17) is 13.3 Å². The molecule has 1 aromatic carbocycles. The van der Waals surface area contributed by atoms with Crippen molar-refractivity contribution in [1.29, 1.82) is 0 Å². The molecule has 0 aliphatic heterocycles. The molecule has 150 valence electrons. The first-order chi connectivity index (χ1) is 12.1. The van der Waals surface area contributed by atoms with Crippen LogP contribution in [0.1, 0.15) is 42.4 Å². The van der Waals surface area contributed by atoms with Crippen LogP contribution in [-0.4, -0.2) is 30.4 Å². The average Bonchev–Trinajstić information content (AvgIpc) is 2.55. The monoisotopic (exact) mass is 404 g/mol. The molecule has 0 unspecified atom stereocenters. The highest BCUT2D eigenvalue weighted by Crippen LogP contribution is 2.36. The van der Waals surface area contributed by atoms with Gasteiger partial charge < -0.3 is 13.3 Å². The second-order valence-electron chi connectivity index (χ2n) is 5.71. The number of hydrogen-bond donors (Lipinski definition) is 0. The van der Waals surface area contributed by atoms with Gasteiger partial charge in [0, 0.05) is 20.8 Å². The molecule has 1 aromatic rings. The highest BCUT2D eigenvalue weighted by Gasteiger charge is 2.36. The molecule has 0 fully saturated rings. The van der Waals surface area contributed by atoms with Crippen molar-refractivity contribution in [3.05, 3.63) is 34.9 Å². The van der Waals surface area contributed by atoms with Gasteiger partial charge in [0.15, 0.2) is 0 Å². The van der Waals surface area contributed by atoms with E-state index in [1.807, 2.05) is 0 Å². The average molecular weight is 404 g/mol. The van der Waals surface area contributed by atoms with E-state index in [1.165, 1.54) is 14.2 Å². The van der Waals surface area contributed by atoms with Crippen LogP contribution in [-0.2, 0) is 32.1 Å². The summed E-state index contributed by atoms with van der Waals surface area (Å²) in [5, 5.41) is 0. The van der Waals surface area contributed by atoms with E-state index in [9.17, 15) is 26.3 Å². The Morgan fingerprint density at radius 1 is 0.769 bits per heavy atom. The molecule has 0 spiro atoms. The van der Waals surface area contributed by atoms with Crippen molar-refractivity contribution >= 4 is 9.53 Å². The van der Waals surface area contributed by atoms with Gasteiger partial charge in [-0.2, -0.15) is 26.3 Å². The fraction of sp³-hybridized carbons (Fsp3) is 0.625. The number of aryl methyl sites for hydroxylation is 1. The molecule has 0 radical (unpaired) electrons. The molecule has 0 atom stereocenters. The zero-order valence-corrected chi connectivity index (χ0v) is 15.7. The van der Waals surface area contributed by atoms with Crippen LogP contribution in [0.5, 0.6) is 0 Å². The Hall–Kier alpha value is -1.10. The molecular formula is C16H22F6O3Si. The van der Waals surface area contributed by atoms with Crippen LogP contribution in [0, 0.1) is 0 Å². The van der Waals surface area contributed by atoms with Crippen molar-refractivity contribution in [2.24, 2.45) is 0 Å². The van der Waals surface area contributed by atoms with Gasteiger partial charge >= 0.3 is 21.9 Å². The Bertz CT molecular complexity index is 512. The summed E-state index contributed by atoms with van der Waals surface area (Å²) in [6.07, 6.45) is -6.83. The van der Waals surface area contributed by atoms with E-state index in [-0.39, 0.29) is 18.1 Å². The van der Waals surface area contributed by atoms with E-state index in [2.05, 4.69) is 0 Å². The van der Waals surface area contributed by atoms with Crippen molar-refractivity contribution in [1.82, 2.24) is 0 Å². The predicted octanol–water partition coefficient (Wildman–Crippen LogP) is 4.85. The van der Waals surface area contributed by atoms with Crippen molar-refractivity contribution in [3.63, 3.8) is 0 Å². The lowest BCUT2D eigenvalue weighted by atomic mass is 10.00. The standard InChI is InChI=1S/C16H22F6O3Si/c1-23-26(24-2)25-8-6-4-3-5-7-12-9-13(15(17,18)19)11-14(10-12)16(20,21)22/h9-11,26H,3-8H2,1-2H3. The van der Waals surface area contributed by atoms with Gasteiger partial charge in [0.25, 0.3) is 0 Å². The summed E-state index contributed by atoms with van der Waals surface area (Å²) in [5.74, 6) is 0. The summed E-state index contributed by atoms with van der Waals surface area (Å²) in [7, 11) is 0.924. The minimum absolute atomic E-state index is 0.0367. The third-order valence-corrected chi connectivity index (χ3v) is 4.92. The lowest BCUT2D eigenvalue weighted by molar-refractivity contribution is -0.143. The molecular weight excluding hydrogens is 382 g/mol. The summed E-state index contributed by atoms with van der Waals surface area (Å²) in [6.45, 7) is 0.445. The molecule has 0 N–H and O–H groups in total. The van der Waals surface area contributed by atoms with Gasteiger partial charge in [-0.15, -0.1) is 0 Å². The summed E-state index contributed by atoms with van der Waals surface area (Å²) in [4.78, 5) is 0. The highest BCUT2D eigenvalue weighted by atomic mass is 28.3. The summed E-state index contributed by atoms with van der Waals surface area (Å²) >= 11 is 0. The van der Waals surface area contributed by atoms with Crippen LogP contribution >= 0.6 is 0 Å². The highest BCUT2D eigenvalue weighted by molar-refractivity contribution is 6.36. The maximum Gasteiger partial charge on any atom is 0.483 e. The number of hydrogen-bond acceptors (Lipinski definition) is 3. The lowest BCUT2D eigenvalue weighted by Gasteiger charge is -2.14. The Morgan fingerprint density at radius 3 is 1.73 bits per heavy atom. The fourth-order valence-corrected chi connectivity index (χ4v) is 3.18. The van der Waals surface area contributed by atoms with Crippen LogP contribution in [0.3, 0.4) is 0 Å². The summed E-state index contributed by atoms with van der Waals surface area (Å²) < 4.78 is 92.0. The minimum Gasteiger partial charge on any atom is -0.379 e. The zero-order chi connectivity index (χ0) is 19.8. The molecule has 0 bridgehead atoms. The largest absolute Gasteiger partial charge is 0.483 e. The number of rotatable bonds is 10. The molecule has 3 nitrogen and oxygen atoms in total. The van der Waals surface area contributed by atoms with Gasteiger partial charge in [-0.05, 0) is 43.0 Å². The maximum atomic E-state index is 12.8. The molecule has 0 aliphatic carbocycles. The normalized spacial score (nSPS) is 12.8. The second-order valence-corrected chi connectivity index (χ2v) is 7.56. The first-order valence-corrected chi connectivity index (χ1v) is 9.45. The van der Waals surface area contributed by atoms with Crippen LogP contribution in [0.25, 0.3) is 0 Å². The second kappa shape index (κ2) is 10.3. The van der Waals surface area contributed by atoms with Gasteiger partial charge in [0.2, 0.25) is 0 Å². The van der Waals surface area contributed by atoms with Crippen LogP contribution in [0.4, 0.5) is 26.3 Å². The molecule has 0 saturated heterocycles. The first kappa shape index (κ1) is 22.9. The molecule has 1 rings (SSSR count). The predicted molar refractivity (Wildman–Crippen MR) is 85.7 cm³/mol. The molecule has 0 aliphatic rings. The first-order valence-electron chi connectivity index (χ1n) is 8.03. The molecule has 0 aromatic heterocycles. The molecule has 0 amide bonds. The van der Waals surface area contributed by atoms with Crippen molar-refractivity contribution < 1.29 is 39.6 Å². The number of unbranched alkanes of at least 4 members (excludes halogenated alkanes) is 3. The van der Waals surface area contributed by atoms with E-state index in [0.717, 1.165) is 18.6 Å². The maximum absolute atomic E-state index is 12.8. The van der Waals surface area contributed by atoms with Gasteiger partial charge in [-0.3, -0.25) is 0 Å². The molecule has 26 heavy (non-hydrogen) atoms. The number of benzene rings is 1. The van der Waals surface area contributed by atoms with Gasteiger partial charge in [0.1, 0.15) is 0 Å². The van der Waals surface area contributed by atoms with Crippen molar-refractivity contribution in [3.8, 4) is 0 Å². The van der Waals surface area contributed by atoms with Gasteiger partial charge in [-0.25, -0.2) is 0 Å². The SMILES string of the molecule is CO[SiH](OC)OCCCCCCc1cc(C(F)(F)F)cc(C(F)(F)F)c1. The molecule has 10 heteroatoms. The third kappa shape index (κ3) is 8.06. The smallest absolute Gasteiger partial charge is 0.379 e. The van der Waals surface area contributed by atoms with Gasteiger partial charge in [-0.1, -0.05) is 12.8 Å². The van der Waals surface area contributed by atoms with E-state index < -0.39 is 33.0 Å². The Balaban J connectivity index is 2.52. The Kier molecular flexibility index (Phi) is 9.08. The molecule has 0 heterocycles. The van der Waals surface area contributed by atoms with Crippen LogP contribution in [0.2, 0.25) is 0 Å². The number of halogens is 6. The van der Waals surface area contributed by atoms with E-state index in [1.54, 1.807) is 0 Å². The minimum atomic E-state index is -4.81. The fourth-order valence-electron chi connectivity index (χ4n) is 2.36. The Morgan fingerprint density at radius 2 is 1.27 bits per heavy atom. The van der Waals surface area contributed by atoms with Crippen LogP contribution < -0.4 is 0 Å². The van der Waals surface area contributed by atoms with Gasteiger partial charge in [0.05, 0.1) is 11.1 Å². The summed E-state index contributed by atoms with van der Waals surface area (Å²) in [6, 6.07) is 1.71. The molecule has 0 saturated carbocycles. The topological polar surface area (TPSA) is 27.7 Å². The Labute approximate surface area is 150 Å². The number of alkyl halides is 6. The third-order valence-electron chi connectivity index (χ3n) is 3.65. The van der Waals surface area contributed by atoms with Crippen molar-refractivity contribution in [2.45, 2.75) is 44.5 Å². The quantitative estimate of drug-likeness (QED) is 0.317. The van der Waals surface area contributed by atoms with E-state index in [0.29, 0.717) is 25.9 Å². The lowest BCUT2D eigenvalue weighted by Crippen LogP contribution is -2.24. The van der Waals surface area contributed by atoms with Crippen LogP contribution in [0.15, 0.2) is 18.2 Å². The van der Waals surface area contributed by atoms with Crippen molar-refractivity contribution in [2.75, 3.05) is 20.8 Å². The summed E-state index contributed by atoms with van der Waals surface area (Å²) in [5.41, 5.74) is -2.51. The van der Waals surface area contributed by atoms with E-state index >= 15 is 0 Å².